The number of benzene rings is 1. The van der Waals surface area contributed by atoms with Crippen LogP contribution in [0.15, 0.2) is 12.1 Å². The Morgan fingerprint density at radius 1 is 1.11 bits per heavy atom. The van der Waals surface area contributed by atoms with E-state index in [1.165, 1.54) is 0 Å². The van der Waals surface area contributed by atoms with Gasteiger partial charge in [0.1, 0.15) is 17.5 Å². The monoisotopic (exact) mass is 261 g/mol. The predicted octanol–water partition coefficient (Wildman–Crippen LogP) is 2.90. The molecule has 102 valence electrons. The molecule has 1 aromatic rings. The Hall–Kier alpha value is -1.07. The van der Waals surface area contributed by atoms with Crippen molar-refractivity contribution in [3.05, 3.63) is 35.1 Å². The molecule has 0 saturated carbocycles. The standard InChI is InChI=1S/C13H18F3NO/c1-7(2)3-4-11(18)13(17)12-9(15)5-8(14)6-10(12)16/h5-7,11,13,18H,3-4,17H2,1-2H3/t11-,13-/m0/s1. The average molecular weight is 261 g/mol. The Balaban J connectivity index is 2.86. The largest absolute Gasteiger partial charge is 0.391 e. The number of aliphatic hydroxyl groups excluding tert-OH is 1. The van der Waals surface area contributed by atoms with E-state index in [4.69, 9.17) is 5.73 Å². The highest BCUT2D eigenvalue weighted by Crippen LogP contribution is 2.25. The van der Waals surface area contributed by atoms with E-state index in [9.17, 15) is 18.3 Å². The lowest BCUT2D eigenvalue weighted by Crippen LogP contribution is -2.28. The van der Waals surface area contributed by atoms with Crippen LogP contribution in [-0.4, -0.2) is 11.2 Å². The lowest BCUT2D eigenvalue weighted by Gasteiger charge is -2.21. The lowest BCUT2D eigenvalue weighted by molar-refractivity contribution is 0.125. The van der Waals surface area contributed by atoms with E-state index in [1.54, 1.807) is 0 Å². The molecule has 0 amide bonds. The van der Waals surface area contributed by atoms with Crippen molar-refractivity contribution in [3.8, 4) is 0 Å². The molecule has 0 aromatic heterocycles. The van der Waals surface area contributed by atoms with Gasteiger partial charge in [-0.25, -0.2) is 13.2 Å². The van der Waals surface area contributed by atoms with Gasteiger partial charge in [0.2, 0.25) is 0 Å². The molecule has 5 heteroatoms. The summed E-state index contributed by atoms with van der Waals surface area (Å²) < 4.78 is 39.6. The van der Waals surface area contributed by atoms with Crippen LogP contribution in [-0.2, 0) is 0 Å². The fourth-order valence-corrected chi connectivity index (χ4v) is 1.75. The van der Waals surface area contributed by atoms with Gasteiger partial charge in [0.25, 0.3) is 0 Å². The Morgan fingerprint density at radius 3 is 2.06 bits per heavy atom. The van der Waals surface area contributed by atoms with Crippen LogP contribution in [0.1, 0.15) is 38.3 Å². The summed E-state index contributed by atoms with van der Waals surface area (Å²) in [7, 11) is 0. The highest BCUT2D eigenvalue weighted by Gasteiger charge is 2.24. The quantitative estimate of drug-likeness (QED) is 0.856. The third kappa shape index (κ3) is 3.71. The molecule has 2 nitrogen and oxygen atoms in total. The van der Waals surface area contributed by atoms with Crippen molar-refractivity contribution in [3.63, 3.8) is 0 Å². The molecule has 0 aliphatic rings. The minimum atomic E-state index is -1.19. The third-order valence-electron chi connectivity index (χ3n) is 2.83. The number of halogens is 3. The maximum absolute atomic E-state index is 13.4. The van der Waals surface area contributed by atoms with Crippen molar-refractivity contribution in [1.82, 2.24) is 0 Å². The molecule has 0 aliphatic heterocycles. The highest BCUT2D eigenvalue weighted by molar-refractivity contribution is 5.24. The van der Waals surface area contributed by atoms with Crippen molar-refractivity contribution < 1.29 is 18.3 Å². The molecular formula is C13H18F3NO. The Labute approximate surface area is 105 Å². The summed E-state index contributed by atoms with van der Waals surface area (Å²) in [5.41, 5.74) is 5.16. The molecule has 3 N–H and O–H groups in total. The third-order valence-corrected chi connectivity index (χ3v) is 2.83. The second-order valence-corrected chi connectivity index (χ2v) is 4.85. The van der Waals surface area contributed by atoms with E-state index >= 15 is 0 Å². The van der Waals surface area contributed by atoms with E-state index < -0.39 is 35.2 Å². The molecule has 2 atom stereocenters. The number of nitrogens with two attached hydrogens (primary N) is 1. The summed E-state index contributed by atoms with van der Waals surface area (Å²) in [6.45, 7) is 3.94. The van der Waals surface area contributed by atoms with Crippen LogP contribution < -0.4 is 5.73 Å². The first kappa shape index (κ1) is 15.0. The SMILES string of the molecule is CC(C)CC[C@H](O)[C@H](N)c1c(F)cc(F)cc1F. The van der Waals surface area contributed by atoms with Gasteiger partial charge in [-0.05, 0) is 18.8 Å². The molecule has 0 radical (unpaired) electrons. The zero-order valence-electron chi connectivity index (χ0n) is 10.5. The van der Waals surface area contributed by atoms with Gasteiger partial charge in [-0.15, -0.1) is 0 Å². The molecule has 0 unspecified atom stereocenters. The minimum Gasteiger partial charge on any atom is -0.391 e. The van der Waals surface area contributed by atoms with Crippen molar-refractivity contribution in [2.75, 3.05) is 0 Å². The van der Waals surface area contributed by atoms with E-state index in [0.717, 1.165) is 0 Å². The second kappa shape index (κ2) is 6.20. The van der Waals surface area contributed by atoms with E-state index in [-0.39, 0.29) is 0 Å². The summed E-state index contributed by atoms with van der Waals surface area (Å²) in [6.07, 6.45) is -0.0177. The molecule has 18 heavy (non-hydrogen) atoms. The number of hydrogen-bond acceptors (Lipinski definition) is 2. The maximum atomic E-state index is 13.4. The van der Waals surface area contributed by atoms with Crippen molar-refractivity contribution in [1.29, 1.82) is 0 Å². The Morgan fingerprint density at radius 2 is 1.61 bits per heavy atom. The van der Waals surface area contributed by atoms with Crippen LogP contribution in [0.2, 0.25) is 0 Å². The van der Waals surface area contributed by atoms with Crippen LogP contribution in [0.3, 0.4) is 0 Å². The summed E-state index contributed by atoms with van der Waals surface area (Å²) >= 11 is 0. The summed E-state index contributed by atoms with van der Waals surface area (Å²) in [4.78, 5) is 0. The van der Waals surface area contributed by atoms with E-state index in [0.29, 0.717) is 30.9 Å². The van der Waals surface area contributed by atoms with E-state index in [1.807, 2.05) is 13.8 Å². The maximum Gasteiger partial charge on any atom is 0.133 e. The van der Waals surface area contributed by atoms with Crippen LogP contribution in [0, 0.1) is 23.4 Å². The van der Waals surface area contributed by atoms with Gasteiger partial charge in [-0.3, -0.25) is 0 Å². The van der Waals surface area contributed by atoms with Crippen LogP contribution in [0.25, 0.3) is 0 Å². The number of aliphatic hydroxyl groups is 1. The Bertz CT molecular complexity index is 386. The number of rotatable bonds is 5. The van der Waals surface area contributed by atoms with Gasteiger partial charge in [-0.1, -0.05) is 13.8 Å². The lowest BCUT2D eigenvalue weighted by atomic mass is 9.95. The molecule has 1 aromatic carbocycles. The molecule has 0 saturated heterocycles. The molecular weight excluding hydrogens is 243 g/mol. The van der Waals surface area contributed by atoms with Crippen LogP contribution >= 0.6 is 0 Å². The second-order valence-electron chi connectivity index (χ2n) is 4.85. The summed E-state index contributed by atoms with van der Waals surface area (Å²) in [6, 6.07) is -0.0645. The molecule has 0 spiro atoms. The fraction of sp³-hybridized carbons (Fsp3) is 0.538. The smallest absolute Gasteiger partial charge is 0.133 e. The first-order valence-corrected chi connectivity index (χ1v) is 5.91. The van der Waals surface area contributed by atoms with Crippen molar-refractivity contribution >= 4 is 0 Å². The predicted molar refractivity (Wildman–Crippen MR) is 63.3 cm³/mol. The summed E-state index contributed by atoms with van der Waals surface area (Å²) in [5.74, 6) is -2.78. The first-order chi connectivity index (χ1) is 8.32. The van der Waals surface area contributed by atoms with Crippen molar-refractivity contribution in [2.24, 2.45) is 11.7 Å². The van der Waals surface area contributed by atoms with Crippen LogP contribution in [0.4, 0.5) is 13.2 Å². The topological polar surface area (TPSA) is 46.2 Å². The van der Waals surface area contributed by atoms with Gasteiger partial charge >= 0.3 is 0 Å². The minimum absolute atomic E-state index is 0.342. The van der Waals surface area contributed by atoms with Gasteiger partial charge in [-0.2, -0.15) is 0 Å². The highest BCUT2D eigenvalue weighted by atomic mass is 19.1. The molecule has 0 bridgehead atoms. The van der Waals surface area contributed by atoms with Gasteiger partial charge in [0.15, 0.2) is 0 Å². The van der Waals surface area contributed by atoms with Gasteiger partial charge in [0.05, 0.1) is 12.1 Å². The van der Waals surface area contributed by atoms with E-state index in [2.05, 4.69) is 0 Å². The number of hydrogen-bond donors (Lipinski definition) is 2. The summed E-state index contributed by atoms with van der Waals surface area (Å²) in [5, 5.41) is 9.79. The molecule has 1 rings (SSSR count). The fourth-order valence-electron chi connectivity index (χ4n) is 1.75. The average Bonchev–Trinajstić information content (AvgIpc) is 2.24. The Kier molecular flexibility index (Phi) is 5.16. The first-order valence-electron chi connectivity index (χ1n) is 5.91. The molecule has 0 heterocycles. The normalized spacial score (nSPS) is 14.9. The van der Waals surface area contributed by atoms with Crippen LogP contribution in [0.5, 0.6) is 0 Å². The zero-order chi connectivity index (χ0) is 13.9. The zero-order valence-corrected chi connectivity index (χ0v) is 10.5. The van der Waals surface area contributed by atoms with Crippen molar-refractivity contribution in [2.45, 2.75) is 38.8 Å². The van der Waals surface area contributed by atoms with Gasteiger partial charge < -0.3 is 10.8 Å². The molecule has 0 aliphatic carbocycles. The van der Waals surface area contributed by atoms with Gasteiger partial charge in [0, 0.05) is 17.7 Å². The molecule has 0 fully saturated rings.